The van der Waals surface area contributed by atoms with E-state index in [-0.39, 0.29) is 29.6 Å². The lowest BCUT2D eigenvalue weighted by molar-refractivity contribution is -1.20. The Labute approximate surface area is 222 Å². The zero-order valence-electron chi connectivity index (χ0n) is 21.5. The van der Waals surface area contributed by atoms with Crippen LogP contribution in [0.3, 0.4) is 0 Å². The molecule has 2 aliphatic heterocycles. The van der Waals surface area contributed by atoms with Crippen molar-refractivity contribution < 1.29 is 36.3 Å². The van der Waals surface area contributed by atoms with Crippen LogP contribution >= 0.6 is 0 Å². The highest BCUT2D eigenvalue weighted by Gasteiger charge is 2.74. The number of anilines is 1. The molecule has 0 aliphatic carbocycles. The molecule has 3 N–H and O–H groups in total. The highest BCUT2D eigenvalue weighted by molar-refractivity contribution is 7.89. The van der Waals surface area contributed by atoms with Crippen LogP contribution in [0.4, 0.5) is 5.69 Å². The van der Waals surface area contributed by atoms with Crippen LogP contribution in [-0.4, -0.2) is 51.8 Å². The molecule has 3 aromatic rings. The number of carbonyl (C=O) groups excluding carboxylic acids is 1. The minimum Gasteiger partial charge on any atom is -0.379 e. The molecule has 1 aromatic carbocycles. The monoisotopic (exact) mass is 540 g/mol. The van der Waals surface area contributed by atoms with Crippen molar-refractivity contribution in [3.8, 4) is 0 Å². The number of ether oxygens (including phenoxy) is 2. The smallest absolute Gasteiger partial charge is 0.379 e. The molecule has 2 aromatic heterocycles. The molecule has 5 rings (SSSR count). The van der Waals surface area contributed by atoms with E-state index < -0.39 is 10.0 Å². The van der Waals surface area contributed by atoms with Crippen LogP contribution in [0.15, 0.2) is 78.0 Å². The average molecular weight is 541 g/mol. The Kier molecular flexibility index (Phi) is 7.30. The van der Waals surface area contributed by atoms with Crippen molar-refractivity contribution >= 4 is 21.6 Å². The van der Waals surface area contributed by atoms with Crippen LogP contribution in [0.1, 0.15) is 24.7 Å². The molecule has 0 fully saturated rings. The Hall–Kier alpha value is -3.22. The van der Waals surface area contributed by atoms with Gasteiger partial charge in [-0.3, -0.25) is 4.79 Å². The fourth-order valence-corrected chi connectivity index (χ4v) is 6.15. The predicted molar refractivity (Wildman–Crippen MR) is 138 cm³/mol. The van der Waals surface area contributed by atoms with E-state index in [0.29, 0.717) is 25.5 Å². The lowest BCUT2D eigenvalue weighted by Gasteiger charge is -2.30. The largest absolute Gasteiger partial charge is 0.489 e. The maximum absolute atomic E-state index is 12.1. The number of fused-ring (bicyclic) bond motifs is 5. The number of hydrogen-bond donors (Lipinski definition) is 2. The van der Waals surface area contributed by atoms with Crippen molar-refractivity contribution in [3.63, 3.8) is 0 Å². The SMILES string of the molecule is CC12[n+]3ccccc3C[N+]1(CCOCCOCCC(=O)Nc1ccc(S(N)(=O)=O)cc1)Cc1cccc[n+]12. The maximum Gasteiger partial charge on any atom is 0.489 e. The summed E-state index contributed by atoms with van der Waals surface area (Å²) < 4.78 is 39.9. The van der Waals surface area contributed by atoms with Gasteiger partial charge in [0.25, 0.3) is 0 Å². The van der Waals surface area contributed by atoms with Crippen LogP contribution in [-0.2, 0) is 43.2 Å². The molecule has 38 heavy (non-hydrogen) atoms. The molecular formula is C27H34N5O5S+3. The Morgan fingerprint density at radius 2 is 1.50 bits per heavy atom. The number of quaternary nitrogens is 1. The summed E-state index contributed by atoms with van der Waals surface area (Å²) in [4.78, 5) is 12.1. The standard InChI is InChI=1S/C27H33N5O5S/c1-27-30-13-4-2-6-23(30)20-32(27,21-24-7-3-5-14-31(24)27)15-17-37-19-18-36-16-12-26(33)29-22-8-10-25(11-9-22)38(28,34)35/h2-11,13-14H,12,15-21H2,1H3,(H2-,28,29,33,34,35)/q+2/p+1. The molecule has 0 saturated carbocycles. The van der Waals surface area contributed by atoms with E-state index in [2.05, 4.69) is 70.2 Å². The minimum atomic E-state index is -3.76. The average Bonchev–Trinajstić information content (AvgIpc) is 3.28. The van der Waals surface area contributed by atoms with Crippen LogP contribution < -0.4 is 19.6 Å². The Bertz CT molecular complexity index is 1380. The number of nitrogens with two attached hydrogens (primary N) is 1. The summed E-state index contributed by atoms with van der Waals surface area (Å²) in [6, 6.07) is 18.5. The lowest BCUT2D eigenvalue weighted by atomic mass is 10.2. The number of amides is 1. The van der Waals surface area contributed by atoms with Crippen molar-refractivity contribution in [2.75, 3.05) is 38.3 Å². The second-order valence-corrected chi connectivity index (χ2v) is 11.4. The molecule has 200 valence electrons. The van der Waals surface area contributed by atoms with E-state index in [1.807, 2.05) is 0 Å². The predicted octanol–water partition coefficient (Wildman–Crippen LogP) is 0.994. The van der Waals surface area contributed by atoms with Crippen molar-refractivity contribution in [2.24, 2.45) is 5.14 Å². The van der Waals surface area contributed by atoms with Gasteiger partial charge in [-0.15, -0.1) is 0 Å². The number of aromatic nitrogens is 2. The van der Waals surface area contributed by atoms with E-state index in [1.54, 1.807) is 0 Å². The van der Waals surface area contributed by atoms with Crippen molar-refractivity contribution in [1.82, 2.24) is 0 Å². The molecule has 2 aliphatic rings. The molecule has 4 heterocycles. The van der Waals surface area contributed by atoms with Crippen LogP contribution in [0.2, 0.25) is 0 Å². The van der Waals surface area contributed by atoms with Gasteiger partial charge in [-0.1, -0.05) is 9.13 Å². The van der Waals surface area contributed by atoms with Gasteiger partial charge in [0, 0.05) is 30.0 Å². The normalized spacial score (nSPS) is 21.5. The first-order valence-corrected chi connectivity index (χ1v) is 14.2. The Morgan fingerprint density at radius 1 is 0.921 bits per heavy atom. The molecule has 0 bridgehead atoms. The summed E-state index contributed by atoms with van der Waals surface area (Å²) in [7, 11) is -3.76. The van der Waals surface area contributed by atoms with Gasteiger partial charge in [-0.25, -0.2) is 13.6 Å². The molecular weight excluding hydrogens is 506 g/mol. The summed E-state index contributed by atoms with van der Waals surface area (Å²) in [5, 5.41) is 7.79. The number of primary sulfonamides is 1. The second-order valence-electron chi connectivity index (χ2n) is 9.87. The highest BCUT2D eigenvalue weighted by Crippen LogP contribution is 2.38. The number of hydrogen-bond acceptors (Lipinski definition) is 5. The third-order valence-electron chi connectivity index (χ3n) is 7.60. The number of pyridine rings is 2. The first kappa shape index (κ1) is 26.4. The molecule has 10 nitrogen and oxygen atoms in total. The quantitative estimate of drug-likeness (QED) is 0.214. The lowest BCUT2D eigenvalue weighted by Crippen LogP contribution is -2.77. The van der Waals surface area contributed by atoms with Gasteiger partial charge >= 0.3 is 5.79 Å². The van der Waals surface area contributed by atoms with Gasteiger partial charge in [-0.2, -0.15) is 4.48 Å². The van der Waals surface area contributed by atoms with Gasteiger partial charge in [-0.05, 0) is 36.4 Å². The number of sulfonamides is 1. The van der Waals surface area contributed by atoms with E-state index in [1.165, 1.54) is 35.7 Å². The minimum absolute atomic E-state index is 0.00527. The summed E-state index contributed by atoms with van der Waals surface area (Å²) in [6.07, 6.45) is 4.53. The summed E-state index contributed by atoms with van der Waals surface area (Å²) in [5.74, 6) is -0.458. The Balaban J connectivity index is 1.05. The molecule has 11 heteroatoms. The van der Waals surface area contributed by atoms with Gasteiger partial charge in [0.05, 0.1) is 37.7 Å². The molecule has 0 saturated heterocycles. The zero-order chi connectivity index (χ0) is 26.8. The molecule has 0 atom stereocenters. The maximum atomic E-state index is 12.1. The van der Waals surface area contributed by atoms with E-state index in [9.17, 15) is 13.2 Å². The van der Waals surface area contributed by atoms with Gasteiger partial charge in [0.15, 0.2) is 25.5 Å². The summed E-state index contributed by atoms with van der Waals surface area (Å²) in [5.41, 5.74) is 3.13. The van der Waals surface area contributed by atoms with E-state index in [4.69, 9.17) is 14.6 Å². The first-order valence-electron chi connectivity index (χ1n) is 12.7. The summed E-state index contributed by atoms with van der Waals surface area (Å²) in [6.45, 7) is 6.79. The molecule has 0 unspecified atom stereocenters. The molecule has 0 radical (unpaired) electrons. The zero-order valence-corrected chi connectivity index (χ0v) is 22.3. The molecule has 0 spiro atoms. The first-order chi connectivity index (χ1) is 18.2. The number of carbonyl (C=O) groups is 1. The van der Waals surface area contributed by atoms with Gasteiger partial charge in [0.1, 0.15) is 13.5 Å². The van der Waals surface area contributed by atoms with E-state index in [0.717, 1.165) is 24.1 Å². The number of nitrogens with zero attached hydrogens (tertiary/aromatic N) is 3. The Morgan fingerprint density at radius 3 is 2.08 bits per heavy atom. The van der Waals surface area contributed by atoms with Crippen molar-refractivity contribution in [3.05, 3.63) is 84.4 Å². The highest BCUT2D eigenvalue weighted by atomic mass is 32.2. The van der Waals surface area contributed by atoms with Gasteiger partial charge in [0.2, 0.25) is 27.3 Å². The number of benzene rings is 1. The van der Waals surface area contributed by atoms with Crippen LogP contribution in [0, 0.1) is 0 Å². The van der Waals surface area contributed by atoms with Crippen molar-refractivity contribution in [1.29, 1.82) is 0 Å². The van der Waals surface area contributed by atoms with Crippen LogP contribution in [0.5, 0.6) is 0 Å². The number of rotatable bonds is 11. The summed E-state index contributed by atoms with van der Waals surface area (Å²) >= 11 is 0. The van der Waals surface area contributed by atoms with Gasteiger partial charge < -0.3 is 14.8 Å². The van der Waals surface area contributed by atoms with Crippen molar-refractivity contribution in [2.45, 2.75) is 37.1 Å². The second kappa shape index (κ2) is 10.5. The van der Waals surface area contributed by atoms with Crippen LogP contribution in [0.25, 0.3) is 0 Å². The third kappa shape index (κ3) is 4.95. The number of nitrogens with one attached hydrogen (secondary N) is 1. The van der Waals surface area contributed by atoms with E-state index >= 15 is 0 Å². The third-order valence-corrected chi connectivity index (χ3v) is 8.53. The fourth-order valence-electron chi connectivity index (χ4n) is 5.64. The fraction of sp³-hybridized carbons (Fsp3) is 0.370. The topological polar surface area (TPSA) is 115 Å². The molecule has 1 amide bonds.